The molecule has 1 aromatic rings. The fourth-order valence-corrected chi connectivity index (χ4v) is 3.63. The zero-order valence-electron chi connectivity index (χ0n) is 14.1. The van der Waals surface area contributed by atoms with Crippen LogP contribution in [0.25, 0.3) is 0 Å². The summed E-state index contributed by atoms with van der Waals surface area (Å²) in [5.74, 6) is 0.760. The number of hydrogen-bond donors (Lipinski definition) is 1. The lowest BCUT2D eigenvalue weighted by molar-refractivity contribution is -0.0211. The van der Waals surface area contributed by atoms with Crippen molar-refractivity contribution < 1.29 is 4.74 Å². The Morgan fingerprint density at radius 3 is 2.67 bits per heavy atom. The van der Waals surface area contributed by atoms with Crippen LogP contribution < -0.4 is 5.32 Å². The van der Waals surface area contributed by atoms with E-state index in [4.69, 9.17) is 4.74 Å². The maximum atomic E-state index is 6.32. The minimum Gasteiger partial charge on any atom is -0.376 e. The second-order valence-corrected chi connectivity index (χ2v) is 6.53. The first-order valence-electron chi connectivity index (χ1n) is 8.51. The Bertz CT molecular complexity index is 443. The summed E-state index contributed by atoms with van der Waals surface area (Å²) >= 11 is 0. The standard InChI is InChI=1S/C19H31NO/c1-5-16-8-6-7-9-19(16)21-13-18(20-4)17-11-10-14(2)12-15(17)3/h10-12,16,18-20H,5-9,13H2,1-4H3. The maximum Gasteiger partial charge on any atom is 0.0665 e. The highest BCUT2D eigenvalue weighted by atomic mass is 16.5. The average molecular weight is 289 g/mol. The molecule has 1 aromatic carbocycles. The molecule has 0 aliphatic heterocycles. The van der Waals surface area contributed by atoms with E-state index >= 15 is 0 Å². The van der Waals surface area contributed by atoms with Gasteiger partial charge in [-0.25, -0.2) is 0 Å². The van der Waals surface area contributed by atoms with Crippen LogP contribution in [-0.2, 0) is 4.74 Å². The SMILES string of the molecule is CCC1CCCCC1OCC(NC)c1ccc(C)cc1C. The molecule has 2 heteroatoms. The Hall–Kier alpha value is -0.860. The molecule has 1 saturated carbocycles. The van der Waals surface area contributed by atoms with Crippen LogP contribution in [0.5, 0.6) is 0 Å². The zero-order valence-corrected chi connectivity index (χ0v) is 14.1. The minimum atomic E-state index is 0.296. The Labute approximate surface area is 130 Å². The van der Waals surface area contributed by atoms with E-state index in [9.17, 15) is 0 Å². The molecule has 0 heterocycles. The lowest BCUT2D eigenvalue weighted by Crippen LogP contribution is -2.31. The molecule has 1 aliphatic carbocycles. The van der Waals surface area contributed by atoms with Crippen molar-refractivity contribution in [3.05, 3.63) is 34.9 Å². The van der Waals surface area contributed by atoms with Crippen molar-refractivity contribution in [3.63, 3.8) is 0 Å². The molecule has 21 heavy (non-hydrogen) atoms. The molecule has 0 radical (unpaired) electrons. The molecule has 0 aromatic heterocycles. The average Bonchev–Trinajstić information content (AvgIpc) is 2.50. The van der Waals surface area contributed by atoms with E-state index in [2.05, 4.69) is 44.3 Å². The molecule has 1 aliphatic rings. The fraction of sp³-hybridized carbons (Fsp3) is 0.684. The number of benzene rings is 1. The fourth-order valence-electron chi connectivity index (χ4n) is 3.63. The predicted molar refractivity (Wildman–Crippen MR) is 89.7 cm³/mol. The molecule has 3 unspecified atom stereocenters. The molecule has 0 saturated heterocycles. The summed E-state index contributed by atoms with van der Waals surface area (Å²) in [5, 5.41) is 3.43. The van der Waals surface area contributed by atoms with Gasteiger partial charge >= 0.3 is 0 Å². The monoisotopic (exact) mass is 289 g/mol. The van der Waals surface area contributed by atoms with Crippen LogP contribution in [0.15, 0.2) is 18.2 Å². The molecular formula is C19H31NO. The Morgan fingerprint density at radius 1 is 1.24 bits per heavy atom. The molecule has 118 valence electrons. The quantitative estimate of drug-likeness (QED) is 0.829. The third-order valence-corrected chi connectivity index (χ3v) is 4.99. The smallest absolute Gasteiger partial charge is 0.0665 e. The summed E-state index contributed by atoms with van der Waals surface area (Å²) in [6.07, 6.45) is 7.00. The van der Waals surface area contributed by atoms with Gasteiger partial charge in [0.1, 0.15) is 0 Å². The van der Waals surface area contributed by atoms with Crippen molar-refractivity contribution >= 4 is 0 Å². The molecule has 2 nitrogen and oxygen atoms in total. The summed E-state index contributed by atoms with van der Waals surface area (Å²) in [5.41, 5.74) is 4.05. The number of likely N-dealkylation sites (N-methyl/N-ethyl adjacent to an activating group) is 1. The van der Waals surface area contributed by atoms with E-state index < -0.39 is 0 Å². The topological polar surface area (TPSA) is 21.3 Å². The first kappa shape index (κ1) is 16.5. The number of nitrogens with one attached hydrogen (secondary N) is 1. The minimum absolute atomic E-state index is 0.296. The maximum absolute atomic E-state index is 6.32. The van der Waals surface area contributed by atoms with Crippen molar-refractivity contribution in [3.8, 4) is 0 Å². The van der Waals surface area contributed by atoms with Gasteiger partial charge in [-0.05, 0) is 50.8 Å². The van der Waals surface area contributed by atoms with E-state index in [-0.39, 0.29) is 0 Å². The molecule has 0 bridgehead atoms. The van der Waals surface area contributed by atoms with Crippen molar-refractivity contribution in [2.75, 3.05) is 13.7 Å². The summed E-state index contributed by atoms with van der Waals surface area (Å²) in [7, 11) is 2.03. The van der Waals surface area contributed by atoms with E-state index in [0.717, 1.165) is 12.5 Å². The van der Waals surface area contributed by atoms with Gasteiger partial charge in [-0.2, -0.15) is 0 Å². The Morgan fingerprint density at radius 2 is 2.00 bits per heavy atom. The van der Waals surface area contributed by atoms with Crippen molar-refractivity contribution in [1.82, 2.24) is 5.32 Å². The highest BCUT2D eigenvalue weighted by Crippen LogP contribution is 2.30. The highest BCUT2D eigenvalue weighted by molar-refractivity contribution is 5.32. The molecule has 1 fully saturated rings. The van der Waals surface area contributed by atoms with Gasteiger partial charge in [0.15, 0.2) is 0 Å². The van der Waals surface area contributed by atoms with Crippen LogP contribution in [0.1, 0.15) is 61.8 Å². The molecule has 0 spiro atoms. The molecule has 0 amide bonds. The van der Waals surface area contributed by atoms with Gasteiger partial charge in [0.25, 0.3) is 0 Å². The normalized spacial score (nSPS) is 24.0. The van der Waals surface area contributed by atoms with E-state index in [1.54, 1.807) is 0 Å². The van der Waals surface area contributed by atoms with Crippen molar-refractivity contribution in [2.45, 2.75) is 65.0 Å². The Kier molecular flexibility index (Phi) is 6.25. The number of ether oxygens (including phenoxy) is 1. The van der Waals surface area contributed by atoms with Gasteiger partial charge in [-0.1, -0.05) is 49.9 Å². The first-order chi connectivity index (χ1) is 10.2. The lowest BCUT2D eigenvalue weighted by atomic mass is 9.84. The largest absolute Gasteiger partial charge is 0.376 e. The van der Waals surface area contributed by atoms with E-state index in [1.807, 2.05) is 7.05 Å². The molecule has 2 rings (SSSR count). The molecular weight excluding hydrogens is 258 g/mol. The van der Waals surface area contributed by atoms with Gasteiger partial charge in [0.05, 0.1) is 18.8 Å². The second-order valence-electron chi connectivity index (χ2n) is 6.53. The van der Waals surface area contributed by atoms with Crippen LogP contribution >= 0.6 is 0 Å². The van der Waals surface area contributed by atoms with Gasteiger partial charge in [-0.3, -0.25) is 0 Å². The first-order valence-corrected chi connectivity index (χ1v) is 8.51. The van der Waals surface area contributed by atoms with Crippen LogP contribution in [0.4, 0.5) is 0 Å². The lowest BCUT2D eigenvalue weighted by Gasteiger charge is -2.32. The van der Waals surface area contributed by atoms with Crippen LogP contribution in [0.3, 0.4) is 0 Å². The molecule has 1 N–H and O–H groups in total. The summed E-state index contributed by atoms with van der Waals surface area (Å²) in [6, 6.07) is 7.00. The third kappa shape index (κ3) is 4.31. The summed E-state index contributed by atoms with van der Waals surface area (Å²) in [4.78, 5) is 0. The van der Waals surface area contributed by atoms with Crippen LogP contribution in [0, 0.1) is 19.8 Å². The number of aryl methyl sites for hydroxylation is 2. The number of rotatable bonds is 6. The van der Waals surface area contributed by atoms with Crippen LogP contribution in [0.2, 0.25) is 0 Å². The summed E-state index contributed by atoms with van der Waals surface area (Å²) < 4.78 is 6.32. The van der Waals surface area contributed by atoms with Gasteiger partial charge < -0.3 is 10.1 Å². The Balaban J connectivity index is 1.98. The van der Waals surface area contributed by atoms with Crippen molar-refractivity contribution in [1.29, 1.82) is 0 Å². The second kappa shape index (κ2) is 7.95. The van der Waals surface area contributed by atoms with Gasteiger partial charge in [-0.15, -0.1) is 0 Å². The third-order valence-electron chi connectivity index (χ3n) is 4.99. The van der Waals surface area contributed by atoms with Crippen LogP contribution in [-0.4, -0.2) is 19.8 Å². The van der Waals surface area contributed by atoms with Gasteiger partial charge in [0, 0.05) is 0 Å². The zero-order chi connectivity index (χ0) is 15.2. The summed E-state index contributed by atoms with van der Waals surface area (Å²) in [6.45, 7) is 7.42. The molecule has 3 atom stereocenters. The van der Waals surface area contributed by atoms with Crippen molar-refractivity contribution in [2.24, 2.45) is 5.92 Å². The predicted octanol–water partition coefficient (Wildman–Crippen LogP) is 4.55. The van der Waals surface area contributed by atoms with Gasteiger partial charge in [0.2, 0.25) is 0 Å². The highest BCUT2D eigenvalue weighted by Gasteiger charge is 2.25. The number of hydrogen-bond acceptors (Lipinski definition) is 2. The van der Waals surface area contributed by atoms with E-state index in [1.165, 1.54) is 48.8 Å². The van der Waals surface area contributed by atoms with E-state index in [0.29, 0.717) is 12.1 Å².